The third kappa shape index (κ3) is 3.41. The van der Waals surface area contributed by atoms with Crippen LogP contribution in [0, 0.1) is 10.1 Å². The van der Waals surface area contributed by atoms with Crippen LogP contribution >= 0.6 is 0 Å². The summed E-state index contributed by atoms with van der Waals surface area (Å²) in [5, 5.41) is 10.7. The van der Waals surface area contributed by atoms with Gasteiger partial charge in [-0.2, -0.15) is 0 Å². The molecule has 0 heterocycles. The standard InChI is InChI=1S/C12H13NO4/c1-3-4-7-17-10-5-6-12(13(15)16)11(8-10)9(2)14/h3,5-6,8H,1,4,7H2,2H3. The van der Waals surface area contributed by atoms with Gasteiger partial charge < -0.3 is 4.74 Å². The summed E-state index contributed by atoms with van der Waals surface area (Å²) in [6, 6.07) is 4.15. The minimum absolute atomic E-state index is 0.0612. The van der Waals surface area contributed by atoms with Crippen LogP contribution in [-0.2, 0) is 0 Å². The van der Waals surface area contributed by atoms with Gasteiger partial charge in [-0.25, -0.2) is 0 Å². The van der Waals surface area contributed by atoms with Crippen molar-refractivity contribution in [1.82, 2.24) is 0 Å². The second-order valence-corrected chi connectivity index (χ2v) is 3.42. The SMILES string of the molecule is C=CCCOc1ccc([N+](=O)[O-])c(C(C)=O)c1. The molecular weight excluding hydrogens is 222 g/mol. The first-order chi connectivity index (χ1) is 8.06. The van der Waals surface area contributed by atoms with E-state index in [0.717, 1.165) is 0 Å². The second kappa shape index (κ2) is 5.79. The molecule has 1 aromatic carbocycles. The van der Waals surface area contributed by atoms with Crippen LogP contribution in [-0.4, -0.2) is 17.3 Å². The van der Waals surface area contributed by atoms with Crippen LogP contribution in [0.4, 0.5) is 5.69 Å². The lowest BCUT2D eigenvalue weighted by Gasteiger charge is -2.06. The minimum atomic E-state index is -0.579. The molecule has 1 rings (SSSR count). The van der Waals surface area contributed by atoms with Crippen molar-refractivity contribution in [3.8, 4) is 5.75 Å². The summed E-state index contributed by atoms with van der Waals surface area (Å²) in [6.07, 6.45) is 2.38. The topological polar surface area (TPSA) is 69.4 Å². The van der Waals surface area contributed by atoms with Crippen molar-refractivity contribution in [2.75, 3.05) is 6.61 Å². The van der Waals surface area contributed by atoms with Gasteiger partial charge in [0.15, 0.2) is 5.78 Å². The van der Waals surface area contributed by atoms with Gasteiger partial charge in [-0.05, 0) is 25.5 Å². The number of ether oxygens (including phenoxy) is 1. The van der Waals surface area contributed by atoms with E-state index >= 15 is 0 Å². The summed E-state index contributed by atoms with van der Waals surface area (Å²) in [5.74, 6) is 0.0912. The highest BCUT2D eigenvalue weighted by Crippen LogP contribution is 2.24. The summed E-state index contributed by atoms with van der Waals surface area (Å²) in [4.78, 5) is 21.4. The van der Waals surface area contributed by atoms with Gasteiger partial charge in [0.1, 0.15) is 5.75 Å². The average molecular weight is 235 g/mol. The molecule has 5 nitrogen and oxygen atoms in total. The molecule has 0 aliphatic rings. The number of Topliss-reactive ketones (excluding diaryl/α,β-unsaturated/α-hetero) is 1. The molecule has 0 aromatic heterocycles. The zero-order valence-electron chi connectivity index (χ0n) is 9.51. The van der Waals surface area contributed by atoms with Crippen LogP contribution in [0.2, 0.25) is 0 Å². The maximum atomic E-state index is 11.3. The number of nitro groups is 1. The zero-order valence-corrected chi connectivity index (χ0v) is 9.51. The number of nitro benzene ring substituents is 1. The maximum absolute atomic E-state index is 11.3. The number of carbonyl (C=O) groups excluding carboxylic acids is 1. The molecule has 5 heteroatoms. The van der Waals surface area contributed by atoms with E-state index in [9.17, 15) is 14.9 Å². The van der Waals surface area contributed by atoms with Crippen LogP contribution < -0.4 is 4.74 Å². The fourth-order valence-corrected chi connectivity index (χ4v) is 1.31. The molecule has 0 saturated carbocycles. The molecule has 0 radical (unpaired) electrons. The van der Waals surface area contributed by atoms with Gasteiger partial charge in [-0.15, -0.1) is 6.58 Å². The lowest BCUT2D eigenvalue weighted by atomic mass is 10.1. The predicted molar refractivity (Wildman–Crippen MR) is 63.4 cm³/mol. The predicted octanol–water partition coefficient (Wildman–Crippen LogP) is 2.75. The Morgan fingerprint density at radius 1 is 1.59 bits per heavy atom. The van der Waals surface area contributed by atoms with Gasteiger partial charge in [0.05, 0.1) is 17.1 Å². The van der Waals surface area contributed by atoms with E-state index in [1.165, 1.54) is 25.1 Å². The quantitative estimate of drug-likeness (QED) is 0.250. The normalized spacial score (nSPS) is 9.71. The van der Waals surface area contributed by atoms with Gasteiger partial charge in [0.25, 0.3) is 5.69 Å². The Balaban J connectivity index is 2.97. The lowest BCUT2D eigenvalue weighted by molar-refractivity contribution is -0.385. The van der Waals surface area contributed by atoms with Crippen molar-refractivity contribution in [3.63, 3.8) is 0 Å². The van der Waals surface area contributed by atoms with Crippen molar-refractivity contribution >= 4 is 11.5 Å². The van der Waals surface area contributed by atoms with Gasteiger partial charge in [0, 0.05) is 6.07 Å². The molecule has 0 spiro atoms. The Kier molecular flexibility index (Phi) is 4.39. The third-order valence-corrected chi connectivity index (χ3v) is 2.13. The van der Waals surface area contributed by atoms with E-state index in [1.807, 2.05) is 0 Å². The Hall–Kier alpha value is -2.17. The third-order valence-electron chi connectivity index (χ3n) is 2.13. The van der Waals surface area contributed by atoms with E-state index in [2.05, 4.69) is 6.58 Å². The number of benzene rings is 1. The molecular formula is C12H13NO4. The van der Waals surface area contributed by atoms with Gasteiger partial charge in [-0.1, -0.05) is 6.08 Å². The molecule has 0 aliphatic heterocycles. The maximum Gasteiger partial charge on any atom is 0.280 e. The van der Waals surface area contributed by atoms with Crippen LogP contribution in [0.25, 0.3) is 0 Å². The van der Waals surface area contributed by atoms with E-state index in [4.69, 9.17) is 4.74 Å². The second-order valence-electron chi connectivity index (χ2n) is 3.42. The molecule has 0 bridgehead atoms. The van der Waals surface area contributed by atoms with Crippen molar-refractivity contribution in [3.05, 3.63) is 46.5 Å². The zero-order chi connectivity index (χ0) is 12.8. The smallest absolute Gasteiger partial charge is 0.280 e. The number of carbonyl (C=O) groups is 1. The Morgan fingerprint density at radius 2 is 2.29 bits per heavy atom. The molecule has 0 aliphatic carbocycles. The van der Waals surface area contributed by atoms with Gasteiger partial charge in [-0.3, -0.25) is 14.9 Å². The first kappa shape index (κ1) is 12.9. The molecule has 0 N–H and O–H groups in total. The highest BCUT2D eigenvalue weighted by molar-refractivity contribution is 5.98. The first-order valence-electron chi connectivity index (χ1n) is 5.09. The van der Waals surface area contributed by atoms with E-state index in [-0.39, 0.29) is 17.0 Å². The molecule has 0 unspecified atom stereocenters. The Labute approximate surface area is 98.9 Å². The summed E-state index contributed by atoms with van der Waals surface area (Å²) in [6.45, 7) is 5.27. The van der Waals surface area contributed by atoms with Crippen molar-refractivity contribution in [1.29, 1.82) is 0 Å². The van der Waals surface area contributed by atoms with Gasteiger partial charge in [0.2, 0.25) is 0 Å². The summed E-state index contributed by atoms with van der Waals surface area (Å²) >= 11 is 0. The Bertz CT molecular complexity index is 454. The van der Waals surface area contributed by atoms with Crippen LogP contribution in [0.3, 0.4) is 0 Å². The van der Waals surface area contributed by atoms with E-state index < -0.39 is 4.92 Å². The molecule has 0 amide bonds. The average Bonchev–Trinajstić information content (AvgIpc) is 2.29. The molecule has 90 valence electrons. The van der Waals surface area contributed by atoms with Crippen molar-refractivity contribution < 1.29 is 14.5 Å². The monoisotopic (exact) mass is 235 g/mol. The molecule has 0 atom stereocenters. The van der Waals surface area contributed by atoms with Crippen molar-refractivity contribution in [2.45, 2.75) is 13.3 Å². The number of nitrogens with zero attached hydrogens (tertiary/aromatic N) is 1. The number of ketones is 1. The Morgan fingerprint density at radius 3 is 2.82 bits per heavy atom. The molecule has 0 saturated heterocycles. The largest absolute Gasteiger partial charge is 0.493 e. The summed E-state index contributed by atoms with van der Waals surface area (Å²) < 4.78 is 5.33. The number of hydrogen-bond acceptors (Lipinski definition) is 4. The lowest BCUT2D eigenvalue weighted by Crippen LogP contribution is -2.02. The van der Waals surface area contributed by atoms with Crippen LogP contribution in [0.5, 0.6) is 5.75 Å². The molecule has 0 fully saturated rings. The van der Waals surface area contributed by atoms with E-state index in [1.54, 1.807) is 6.08 Å². The first-order valence-corrected chi connectivity index (χ1v) is 5.09. The minimum Gasteiger partial charge on any atom is -0.493 e. The number of rotatable bonds is 6. The van der Waals surface area contributed by atoms with Crippen molar-refractivity contribution in [2.24, 2.45) is 0 Å². The van der Waals surface area contributed by atoms with Crippen LogP contribution in [0.15, 0.2) is 30.9 Å². The number of hydrogen-bond donors (Lipinski definition) is 0. The summed E-state index contributed by atoms with van der Waals surface area (Å²) in [7, 11) is 0. The fraction of sp³-hybridized carbons (Fsp3) is 0.250. The summed E-state index contributed by atoms with van der Waals surface area (Å²) in [5.41, 5.74) is -0.139. The fourth-order valence-electron chi connectivity index (χ4n) is 1.31. The van der Waals surface area contributed by atoms with E-state index in [0.29, 0.717) is 18.8 Å². The highest BCUT2D eigenvalue weighted by atomic mass is 16.6. The molecule has 1 aromatic rings. The van der Waals surface area contributed by atoms with Gasteiger partial charge >= 0.3 is 0 Å². The highest BCUT2D eigenvalue weighted by Gasteiger charge is 2.17. The van der Waals surface area contributed by atoms with Crippen LogP contribution in [0.1, 0.15) is 23.7 Å². The molecule has 17 heavy (non-hydrogen) atoms.